The topological polar surface area (TPSA) is 26.3 Å². The van der Waals surface area contributed by atoms with Crippen molar-refractivity contribution in [3.05, 3.63) is 12.7 Å². The maximum atomic E-state index is 10.7. The third-order valence-corrected chi connectivity index (χ3v) is 1.68. The van der Waals surface area contributed by atoms with E-state index in [9.17, 15) is 4.79 Å². The Morgan fingerprint density at radius 1 is 1.55 bits per heavy atom. The zero-order chi connectivity index (χ0) is 9.07. The summed E-state index contributed by atoms with van der Waals surface area (Å²) in [7, 11) is 0. The fourth-order valence-electron chi connectivity index (χ4n) is 0.399. The first kappa shape index (κ1) is 10.2. The van der Waals surface area contributed by atoms with Crippen LogP contribution in [0.5, 0.6) is 0 Å². The van der Waals surface area contributed by atoms with Crippen LogP contribution in [0.2, 0.25) is 0 Å². The summed E-state index contributed by atoms with van der Waals surface area (Å²) in [5, 5.41) is 0. The summed E-state index contributed by atoms with van der Waals surface area (Å²) in [6.45, 7) is 11.3. The third kappa shape index (κ3) is 3.81. The smallest absolute Gasteiger partial charge is 0.330 e. The van der Waals surface area contributed by atoms with Crippen molar-refractivity contribution >= 4 is 5.97 Å². The first-order valence-electron chi connectivity index (χ1n) is 3.71. The highest BCUT2D eigenvalue weighted by atomic mass is 16.5. The largest absolute Gasteiger partial charge is 0.459 e. The molecule has 0 aromatic heterocycles. The molecule has 0 radical (unpaired) electrons. The van der Waals surface area contributed by atoms with Crippen molar-refractivity contribution < 1.29 is 9.53 Å². The van der Waals surface area contributed by atoms with Gasteiger partial charge in [0.1, 0.15) is 6.10 Å². The molecule has 0 aliphatic heterocycles. The standard InChI is InChI=1S/C9H16O2/c1-6-8(10)11-7(2)9(3,4)5/h6-7H,1H2,2-5H3. The summed E-state index contributed by atoms with van der Waals surface area (Å²) in [6, 6.07) is 0. The molecular formula is C9H16O2. The first-order chi connectivity index (χ1) is 4.88. The van der Waals surface area contributed by atoms with Crippen LogP contribution in [-0.4, -0.2) is 12.1 Å². The summed E-state index contributed by atoms with van der Waals surface area (Å²) in [5.41, 5.74) is -0.00132. The molecule has 0 amide bonds. The lowest BCUT2D eigenvalue weighted by molar-refractivity contribution is -0.147. The Bertz CT molecular complexity index is 153. The van der Waals surface area contributed by atoms with E-state index in [1.165, 1.54) is 6.08 Å². The van der Waals surface area contributed by atoms with Crippen LogP contribution in [0.25, 0.3) is 0 Å². The van der Waals surface area contributed by atoms with E-state index in [2.05, 4.69) is 6.58 Å². The number of hydrogen-bond acceptors (Lipinski definition) is 2. The molecule has 0 aliphatic rings. The van der Waals surface area contributed by atoms with Crippen LogP contribution in [0.15, 0.2) is 12.7 Å². The number of carbonyl (C=O) groups excluding carboxylic acids is 1. The number of rotatable bonds is 2. The quantitative estimate of drug-likeness (QED) is 0.452. The van der Waals surface area contributed by atoms with E-state index < -0.39 is 0 Å². The zero-order valence-corrected chi connectivity index (χ0v) is 7.68. The van der Waals surface area contributed by atoms with Crippen LogP contribution in [-0.2, 0) is 9.53 Å². The van der Waals surface area contributed by atoms with Gasteiger partial charge >= 0.3 is 5.97 Å². The predicted octanol–water partition coefficient (Wildman–Crippen LogP) is 2.15. The van der Waals surface area contributed by atoms with Gasteiger partial charge in [0, 0.05) is 6.08 Å². The molecule has 0 rings (SSSR count). The van der Waals surface area contributed by atoms with Crippen molar-refractivity contribution in [2.24, 2.45) is 5.41 Å². The molecule has 0 saturated carbocycles. The molecule has 1 unspecified atom stereocenters. The number of ether oxygens (including phenoxy) is 1. The fourth-order valence-corrected chi connectivity index (χ4v) is 0.399. The molecule has 0 aromatic rings. The highest BCUT2D eigenvalue weighted by Gasteiger charge is 2.22. The van der Waals surface area contributed by atoms with Crippen molar-refractivity contribution in [1.82, 2.24) is 0 Å². The Hall–Kier alpha value is -0.790. The average Bonchev–Trinajstić information content (AvgIpc) is 1.85. The molecular weight excluding hydrogens is 140 g/mol. The summed E-state index contributed by atoms with van der Waals surface area (Å²) >= 11 is 0. The van der Waals surface area contributed by atoms with Gasteiger partial charge in [-0.25, -0.2) is 4.79 Å². The van der Waals surface area contributed by atoms with E-state index >= 15 is 0 Å². The first-order valence-corrected chi connectivity index (χ1v) is 3.71. The third-order valence-electron chi connectivity index (χ3n) is 1.68. The lowest BCUT2D eigenvalue weighted by Gasteiger charge is -2.26. The van der Waals surface area contributed by atoms with E-state index in [4.69, 9.17) is 4.74 Å². The summed E-state index contributed by atoms with van der Waals surface area (Å²) < 4.78 is 5.01. The Labute approximate surface area is 68.2 Å². The van der Waals surface area contributed by atoms with Gasteiger partial charge in [0.15, 0.2) is 0 Å². The van der Waals surface area contributed by atoms with Crippen LogP contribution in [0.1, 0.15) is 27.7 Å². The highest BCUT2D eigenvalue weighted by Crippen LogP contribution is 2.21. The second kappa shape index (κ2) is 3.56. The van der Waals surface area contributed by atoms with Gasteiger partial charge in [0.25, 0.3) is 0 Å². The minimum Gasteiger partial charge on any atom is -0.459 e. The van der Waals surface area contributed by atoms with Gasteiger partial charge in [-0.15, -0.1) is 0 Å². The molecule has 0 saturated heterocycles. The van der Waals surface area contributed by atoms with Gasteiger partial charge < -0.3 is 4.74 Å². The van der Waals surface area contributed by atoms with Crippen LogP contribution in [0.3, 0.4) is 0 Å². The highest BCUT2D eigenvalue weighted by molar-refractivity contribution is 5.81. The Kier molecular flexibility index (Phi) is 3.30. The SMILES string of the molecule is C=CC(=O)OC(C)C(C)(C)C. The van der Waals surface area contributed by atoms with Gasteiger partial charge in [0.05, 0.1) is 0 Å². The fraction of sp³-hybridized carbons (Fsp3) is 0.667. The minimum atomic E-state index is -0.354. The molecule has 0 fully saturated rings. The van der Waals surface area contributed by atoms with Crippen LogP contribution < -0.4 is 0 Å². The summed E-state index contributed by atoms with van der Waals surface area (Å²) in [4.78, 5) is 10.7. The van der Waals surface area contributed by atoms with Gasteiger partial charge in [0.2, 0.25) is 0 Å². The maximum absolute atomic E-state index is 10.7. The molecule has 0 aromatic carbocycles. The molecule has 0 heterocycles. The number of hydrogen-bond donors (Lipinski definition) is 0. The number of carbonyl (C=O) groups is 1. The molecule has 2 nitrogen and oxygen atoms in total. The molecule has 11 heavy (non-hydrogen) atoms. The second-order valence-electron chi connectivity index (χ2n) is 3.65. The van der Waals surface area contributed by atoms with Gasteiger partial charge in [-0.3, -0.25) is 0 Å². The van der Waals surface area contributed by atoms with Crippen molar-refractivity contribution in [3.63, 3.8) is 0 Å². The van der Waals surface area contributed by atoms with E-state index in [1.54, 1.807) is 0 Å². The van der Waals surface area contributed by atoms with Gasteiger partial charge in [-0.05, 0) is 12.3 Å². The molecule has 0 N–H and O–H groups in total. The minimum absolute atomic E-state index is 0.00132. The Morgan fingerprint density at radius 3 is 2.27 bits per heavy atom. The zero-order valence-electron chi connectivity index (χ0n) is 7.68. The Morgan fingerprint density at radius 2 is 2.00 bits per heavy atom. The maximum Gasteiger partial charge on any atom is 0.330 e. The van der Waals surface area contributed by atoms with Crippen LogP contribution in [0, 0.1) is 5.41 Å². The van der Waals surface area contributed by atoms with Gasteiger partial charge in [-0.1, -0.05) is 27.4 Å². The average molecular weight is 156 g/mol. The van der Waals surface area contributed by atoms with Crippen molar-refractivity contribution in [2.45, 2.75) is 33.8 Å². The van der Waals surface area contributed by atoms with E-state index in [0.717, 1.165) is 0 Å². The van der Waals surface area contributed by atoms with Crippen LogP contribution >= 0.6 is 0 Å². The van der Waals surface area contributed by atoms with E-state index in [1.807, 2.05) is 27.7 Å². The summed E-state index contributed by atoms with van der Waals surface area (Å²) in [6.07, 6.45) is 1.11. The lowest BCUT2D eigenvalue weighted by atomic mass is 9.90. The lowest BCUT2D eigenvalue weighted by Crippen LogP contribution is -2.27. The molecule has 0 aliphatic carbocycles. The molecule has 1 atom stereocenters. The van der Waals surface area contributed by atoms with Gasteiger partial charge in [-0.2, -0.15) is 0 Å². The normalized spacial score (nSPS) is 13.8. The summed E-state index contributed by atoms with van der Waals surface area (Å²) in [5.74, 6) is -0.354. The van der Waals surface area contributed by atoms with Crippen molar-refractivity contribution in [1.29, 1.82) is 0 Å². The molecule has 0 bridgehead atoms. The van der Waals surface area contributed by atoms with E-state index in [-0.39, 0.29) is 17.5 Å². The molecule has 2 heteroatoms. The second-order valence-corrected chi connectivity index (χ2v) is 3.65. The van der Waals surface area contributed by atoms with Crippen molar-refractivity contribution in [3.8, 4) is 0 Å². The number of esters is 1. The monoisotopic (exact) mass is 156 g/mol. The van der Waals surface area contributed by atoms with Crippen molar-refractivity contribution in [2.75, 3.05) is 0 Å². The Balaban J connectivity index is 3.97. The van der Waals surface area contributed by atoms with Crippen LogP contribution in [0.4, 0.5) is 0 Å². The van der Waals surface area contributed by atoms with E-state index in [0.29, 0.717) is 0 Å². The predicted molar refractivity (Wildman–Crippen MR) is 45.2 cm³/mol. The molecule has 64 valence electrons. The molecule has 0 spiro atoms.